The van der Waals surface area contributed by atoms with Crippen molar-refractivity contribution in [2.45, 2.75) is 26.2 Å². The van der Waals surface area contributed by atoms with Crippen LogP contribution < -0.4 is 4.90 Å². The average molecular weight is 559 g/mol. The highest BCUT2D eigenvalue weighted by atomic mass is 79.9. The standard InChI is InChI=1S/C30H25Br2N/c1-2-3-8-21-13-15-22(16-14-21)33(29-19-17-27(31)23-9-4-6-11-25(23)29)30-20-18-28(32)24-10-5-7-12-26(24)30/h4-7,9-20H,2-3,8H2,1H3. The second-order valence-electron chi connectivity index (χ2n) is 8.33. The Morgan fingerprint density at radius 1 is 0.576 bits per heavy atom. The van der Waals surface area contributed by atoms with Crippen LogP contribution in [-0.4, -0.2) is 0 Å². The van der Waals surface area contributed by atoms with Gasteiger partial charge in [-0.15, -0.1) is 0 Å². The summed E-state index contributed by atoms with van der Waals surface area (Å²) in [6.45, 7) is 2.24. The molecule has 5 rings (SSSR count). The Hall–Kier alpha value is -2.62. The Bertz CT molecular complexity index is 1340. The van der Waals surface area contributed by atoms with Gasteiger partial charge in [0.25, 0.3) is 0 Å². The molecule has 0 spiro atoms. The second kappa shape index (κ2) is 9.70. The van der Waals surface area contributed by atoms with Crippen molar-refractivity contribution in [3.63, 3.8) is 0 Å². The molecule has 3 heteroatoms. The van der Waals surface area contributed by atoms with Crippen LogP contribution in [-0.2, 0) is 6.42 Å². The third-order valence-electron chi connectivity index (χ3n) is 6.19. The van der Waals surface area contributed by atoms with Crippen LogP contribution in [0.2, 0.25) is 0 Å². The summed E-state index contributed by atoms with van der Waals surface area (Å²) in [5, 5.41) is 4.85. The SMILES string of the molecule is CCCCc1ccc(N(c2ccc(Br)c3ccccc23)c2ccc(Br)c3ccccc23)cc1. The summed E-state index contributed by atoms with van der Waals surface area (Å²) in [5.74, 6) is 0. The number of hydrogen-bond donors (Lipinski definition) is 0. The van der Waals surface area contributed by atoms with Gasteiger partial charge in [-0.3, -0.25) is 0 Å². The van der Waals surface area contributed by atoms with Crippen LogP contribution in [0.25, 0.3) is 21.5 Å². The van der Waals surface area contributed by atoms with Crippen molar-refractivity contribution in [3.05, 3.63) is 112 Å². The van der Waals surface area contributed by atoms with E-state index in [2.05, 4.69) is 141 Å². The highest BCUT2D eigenvalue weighted by Gasteiger charge is 2.19. The fraction of sp³-hybridized carbons (Fsp3) is 0.133. The summed E-state index contributed by atoms with van der Waals surface area (Å²) in [5.41, 5.74) is 4.89. The number of benzene rings is 5. The lowest BCUT2D eigenvalue weighted by Gasteiger charge is -2.28. The van der Waals surface area contributed by atoms with E-state index in [1.54, 1.807) is 0 Å². The van der Waals surface area contributed by atoms with E-state index in [-0.39, 0.29) is 0 Å². The fourth-order valence-corrected chi connectivity index (χ4v) is 5.44. The first-order valence-corrected chi connectivity index (χ1v) is 13.0. The number of aryl methyl sites for hydroxylation is 1. The van der Waals surface area contributed by atoms with Gasteiger partial charge >= 0.3 is 0 Å². The van der Waals surface area contributed by atoms with Crippen molar-refractivity contribution < 1.29 is 0 Å². The minimum atomic E-state index is 1.11. The molecule has 0 aromatic heterocycles. The van der Waals surface area contributed by atoms with Crippen LogP contribution in [0.5, 0.6) is 0 Å². The van der Waals surface area contributed by atoms with Crippen LogP contribution in [0.4, 0.5) is 17.1 Å². The van der Waals surface area contributed by atoms with E-state index in [0.29, 0.717) is 0 Å². The molecule has 0 unspecified atom stereocenters. The number of halogens is 2. The molecule has 0 saturated carbocycles. The first kappa shape index (κ1) is 22.2. The van der Waals surface area contributed by atoms with Gasteiger partial charge in [-0.2, -0.15) is 0 Å². The lowest BCUT2D eigenvalue weighted by atomic mass is 10.0. The smallest absolute Gasteiger partial charge is 0.0541 e. The zero-order valence-corrected chi connectivity index (χ0v) is 21.7. The topological polar surface area (TPSA) is 3.24 Å². The van der Waals surface area contributed by atoms with E-state index in [1.165, 1.54) is 51.3 Å². The lowest BCUT2D eigenvalue weighted by Crippen LogP contribution is -2.11. The van der Waals surface area contributed by atoms with Crippen LogP contribution in [0.1, 0.15) is 25.3 Å². The van der Waals surface area contributed by atoms with Gasteiger partial charge in [0.05, 0.1) is 11.4 Å². The van der Waals surface area contributed by atoms with Crippen molar-refractivity contribution >= 4 is 70.5 Å². The third kappa shape index (κ3) is 4.32. The maximum absolute atomic E-state index is 3.75. The molecule has 0 atom stereocenters. The first-order valence-electron chi connectivity index (χ1n) is 11.4. The molecule has 164 valence electrons. The molecule has 0 fully saturated rings. The number of anilines is 3. The second-order valence-corrected chi connectivity index (χ2v) is 10.0. The summed E-state index contributed by atoms with van der Waals surface area (Å²) in [7, 11) is 0. The van der Waals surface area contributed by atoms with E-state index in [1.807, 2.05) is 0 Å². The predicted molar refractivity (Wildman–Crippen MR) is 150 cm³/mol. The maximum atomic E-state index is 3.75. The molecule has 0 bridgehead atoms. The normalized spacial score (nSPS) is 11.2. The van der Waals surface area contributed by atoms with Crippen molar-refractivity contribution in [1.82, 2.24) is 0 Å². The van der Waals surface area contributed by atoms with Crippen LogP contribution in [0, 0.1) is 0 Å². The van der Waals surface area contributed by atoms with Gasteiger partial charge < -0.3 is 4.90 Å². The van der Waals surface area contributed by atoms with Gasteiger partial charge in [-0.05, 0) is 65.6 Å². The number of unbranched alkanes of at least 4 members (excludes halogenated alkanes) is 1. The fourth-order valence-electron chi connectivity index (χ4n) is 4.48. The Morgan fingerprint density at radius 2 is 1.06 bits per heavy atom. The number of hydrogen-bond acceptors (Lipinski definition) is 1. The summed E-state index contributed by atoms with van der Waals surface area (Å²) in [4.78, 5) is 2.40. The van der Waals surface area contributed by atoms with Crippen LogP contribution in [0.15, 0.2) is 106 Å². The summed E-state index contributed by atoms with van der Waals surface area (Å²) in [6, 6.07) is 35.0. The third-order valence-corrected chi connectivity index (χ3v) is 7.57. The van der Waals surface area contributed by atoms with Gasteiger partial charge in [-0.1, -0.05) is 106 Å². The minimum absolute atomic E-state index is 1.11. The highest BCUT2D eigenvalue weighted by molar-refractivity contribution is 9.11. The molecular weight excluding hydrogens is 534 g/mol. The number of nitrogens with zero attached hydrogens (tertiary/aromatic N) is 1. The average Bonchev–Trinajstić information content (AvgIpc) is 2.86. The molecule has 1 nitrogen and oxygen atoms in total. The van der Waals surface area contributed by atoms with E-state index in [9.17, 15) is 0 Å². The molecule has 0 aliphatic carbocycles. The Labute approximate surface area is 212 Å². The molecule has 0 heterocycles. The quantitative estimate of drug-likeness (QED) is 0.200. The Kier molecular flexibility index (Phi) is 6.52. The molecule has 0 radical (unpaired) electrons. The highest BCUT2D eigenvalue weighted by Crippen LogP contribution is 2.44. The predicted octanol–water partition coefficient (Wildman–Crippen LogP) is 10.3. The van der Waals surface area contributed by atoms with Crippen molar-refractivity contribution in [2.75, 3.05) is 4.90 Å². The van der Waals surface area contributed by atoms with Crippen LogP contribution >= 0.6 is 31.9 Å². The lowest BCUT2D eigenvalue weighted by molar-refractivity contribution is 0.795. The molecule has 33 heavy (non-hydrogen) atoms. The van der Waals surface area contributed by atoms with Gasteiger partial charge in [0.2, 0.25) is 0 Å². The Morgan fingerprint density at radius 3 is 1.55 bits per heavy atom. The molecule has 5 aromatic carbocycles. The largest absolute Gasteiger partial charge is 0.309 e. The van der Waals surface area contributed by atoms with Gasteiger partial charge in [0.1, 0.15) is 0 Å². The molecule has 0 aliphatic rings. The number of rotatable bonds is 6. The molecular formula is C30H25Br2N. The summed E-state index contributed by atoms with van der Waals surface area (Å²) >= 11 is 7.50. The van der Waals surface area contributed by atoms with Gasteiger partial charge in [0, 0.05) is 25.4 Å². The minimum Gasteiger partial charge on any atom is -0.309 e. The summed E-state index contributed by atoms with van der Waals surface area (Å²) < 4.78 is 2.22. The van der Waals surface area contributed by atoms with Crippen LogP contribution in [0.3, 0.4) is 0 Å². The van der Waals surface area contributed by atoms with Gasteiger partial charge in [0.15, 0.2) is 0 Å². The van der Waals surface area contributed by atoms with E-state index in [4.69, 9.17) is 0 Å². The van der Waals surface area contributed by atoms with Gasteiger partial charge in [-0.25, -0.2) is 0 Å². The van der Waals surface area contributed by atoms with E-state index < -0.39 is 0 Å². The summed E-state index contributed by atoms with van der Waals surface area (Å²) in [6.07, 6.45) is 3.56. The molecule has 0 aliphatic heterocycles. The Balaban J connectivity index is 1.76. The zero-order valence-electron chi connectivity index (χ0n) is 18.6. The number of fused-ring (bicyclic) bond motifs is 2. The maximum Gasteiger partial charge on any atom is 0.0541 e. The monoisotopic (exact) mass is 557 g/mol. The molecule has 0 amide bonds. The van der Waals surface area contributed by atoms with Crippen molar-refractivity contribution in [3.8, 4) is 0 Å². The molecule has 0 saturated heterocycles. The van der Waals surface area contributed by atoms with E-state index in [0.717, 1.165) is 21.1 Å². The first-order chi connectivity index (χ1) is 16.2. The molecule has 0 N–H and O–H groups in total. The van der Waals surface area contributed by atoms with E-state index >= 15 is 0 Å². The molecule has 5 aromatic rings. The van der Waals surface area contributed by atoms with Crippen molar-refractivity contribution in [1.29, 1.82) is 0 Å². The van der Waals surface area contributed by atoms with Crippen molar-refractivity contribution in [2.24, 2.45) is 0 Å². The zero-order chi connectivity index (χ0) is 22.8.